The second-order valence-corrected chi connectivity index (χ2v) is 9.08. The first-order valence-corrected chi connectivity index (χ1v) is 10.8. The predicted octanol–water partition coefficient (Wildman–Crippen LogP) is 2.68. The molecule has 0 aromatic heterocycles. The summed E-state index contributed by atoms with van der Waals surface area (Å²) in [5.41, 5.74) is 18.7. The molecule has 5 aliphatic rings. The van der Waals surface area contributed by atoms with Crippen LogP contribution in [-0.2, 0) is 44.6 Å². The molecule has 2 N–H and O–H groups in total. The summed E-state index contributed by atoms with van der Waals surface area (Å²) in [6, 6.07) is 6.65. The van der Waals surface area contributed by atoms with Crippen LogP contribution in [0.5, 0.6) is 0 Å². The minimum absolute atomic E-state index is 0.317. The smallest absolute Gasteiger partial charge is 0.0851 e. The molecule has 0 radical (unpaired) electrons. The van der Waals surface area contributed by atoms with Crippen molar-refractivity contribution >= 4 is 5.69 Å². The van der Waals surface area contributed by atoms with Gasteiger partial charge in [-0.1, -0.05) is 18.2 Å². The maximum atomic E-state index is 6.85. The Bertz CT molecular complexity index is 1020. The normalized spacial score (nSPS) is 29.7. The maximum absolute atomic E-state index is 6.85. The fraction of sp³-hybridized carbons (Fsp3) is 0.500. The van der Waals surface area contributed by atoms with Crippen molar-refractivity contribution in [2.45, 2.75) is 50.1 Å². The minimum atomic E-state index is 0.317. The second kappa shape index (κ2) is 6.05. The van der Waals surface area contributed by atoms with E-state index in [1.165, 1.54) is 44.5 Å². The topological polar surface area (TPSA) is 76.1 Å². The summed E-state index contributed by atoms with van der Waals surface area (Å²) >= 11 is 0. The summed E-state index contributed by atoms with van der Waals surface area (Å²) in [5, 5.41) is 0. The number of ether oxygens (including phenoxy) is 4. The van der Waals surface area contributed by atoms with Crippen LogP contribution in [-0.4, -0.2) is 50.8 Å². The Balaban J connectivity index is 1.41. The van der Waals surface area contributed by atoms with Crippen molar-refractivity contribution in [1.82, 2.24) is 0 Å². The summed E-state index contributed by atoms with van der Waals surface area (Å²) in [6.07, 6.45) is 5.18. The van der Waals surface area contributed by atoms with E-state index in [-0.39, 0.29) is 0 Å². The number of benzene rings is 2. The second-order valence-electron chi connectivity index (χ2n) is 9.08. The van der Waals surface area contributed by atoms with Crippen LogP contribution in [0.25, 0.3) is 22.3 Å². The molecule has 0 saturated carbocycles. The average Bonchev–Trinajstić information content (AvgIpc) is 3.51. The van der Waals surface area contributed by atoms with Crippen LogP contribution in [0.1, 0.15) is 22.3 Å². The molecule has 0 spiro atoms. The lowest BCUT2D eigenvalue weighted by molar-refractivity contribution is 0.398. The maximum Gasteiger partial charge on any atom is 0.0851 e. The third-order valence-corrected chi connectivity index (χ3v) is 6.90. The number of rotatable bonds is 8. The van der Waals surface area contributed by atoms with E-state index in [9.17, 15) is 0 Å². The van der Waals surface area contributed by atoms with E-state index in [1.807, 2.05) is 0 Å². The Morgan fingerprint density at radius 1 is 0.655 bits per heavy atom. The van der Waals surface area contributed by atoms with E-state index in [0.29, 0.717) is 24.4 Å². The molecule has 4 atom stereocenters. The van der Waals surface area contributed by atoms with Gasteiger partial charge in [-0.3, -0.25) is 0 Å². The predicted molar refractivity (Wildman–Crippen MR) is 109 cm³/mol. The molecular formula is C24H25NO4. The molecule has 1 aliphatic carbocycles. The zero-order valence-electron chi connectivity index (χ0n) is 16.4. The number of anilines is 1. The molecule has 2 aromatic rings. The molecule has 0 bridgehead atoms. The van der Waals surface area contributed by atoms with Gasteiger partial charge in [0.2, 0.25) is 0 Å². The average molecular weight is 391 g/mol. The van der Waals surface area contributed by atoms with Gasteiger partial charge in [0.05, 0.1) is 50.8 Å². The van der Waals surface area contributed by atoms with Crippen LogP contribution in [0, 0.1) is 0 Å². The van der Waals surface area contributed by atoms with Crippen molar-refractivity contribution in [3.63, 3.8) is 0 Å². The first-order chi connectivity index (χ1) is 14.3. The number of epoxide rings is 4. The number of hydrogen-bond donors (Lipinski definition) is 1. The molecule has 5 nitrogen and oxygen atoms in total. The Morgan fingerprint density at radius 2 is 1.21 bits per heavy atom. The van der Waals surface area contributed by atoms with Crippen LogP contribution in [0.3, 0.4) is 0 Å². The van der Waals surface area contributed by atoms with Crippen LogP contribution >= 0.6 is 0 Å². The molecule has 4 saturated heterocycles. The van der Waals surface area contributed by atoms with E-state index in [4.69, 9.17) is 24.7 Å². The fourth-order valence-corrected chi connectivity index (χ4v) is 5.08. The lowest BCUT2D eigenvalue weighted by atomic mass is 9.70. The van der Waals surface area contributed by atoms with Gasteiger partial charge in [0.15, 0.2) is 0 Å². The summed E-state index contributed by atoms with van der Waals surface area (Å²) in [7, 11) is 0. The quantitative estimate of drug-likeness (QED) is 0.472. The molecule has 4 aliphatic heterocycles. The van der Waals surface area contributed by atoms with Crippen molar-refractivity contribution < 1.29 is 18.9 Å². The third-order valence-electron chi connectivity index (χ3n) is 6.90. The van der Waals surface area contributed by atoms with Crippen molar-refractivity contribution in [1.29, 1.82) is 0 Å². The van der Waals surface area contributed by atoms with Crippen molar-refractivity contribution in [2.75, 3.05) is 32.2 Å². The zero-order chi connectivity index (χ0) is 19.1. The summed E-state index contributed by atoms with van der Waals surface area (Å²) in [6.45, 7) is 3.45. The SMILES string of the molecule is Nc1c(CC2CO2)c(CC2CO2)c(CC2CO2)c2c1-c1cccc(CC3CO3)c1-2. The lowest BCUT2D eigenvalue weighted by Crippen LogP contribution is -2.19. The number of fused-ring (bicyclic) bond motifs is 4. The lowest BCUT2D eigenvalue weighted by Gasteiger charge is -2.34. The van der Waals surface area contributed by atoms with Crippen molar-refractivity contribution in [3.8, 4) is 22.3 Å². The van der Waals surface area contributed by atoms with Crippen LogP contribution in [0.15, 0.2) is 18.2 Å². The van der Waals surface area contributed by atoms with E-state index < -0.39 is 0 Å². The van der Waals surface area contributed by atoms with Gasteiger partial charge in [0.25, 0.3) is 0 Å². The molecule has 7 rings (SSSR count). The van der Waals surface area contributed by atoms with Gasteiger partial charge in [-0.2, -0.15) is 0 Å². The molecule has 4 fully saturated rings. The van der Waals surface area contributed by atoms with Gasteiger partial charge in [-0.25, -0.2) is 0 Å². The Hall–Kier alpha value is -1.92. The van der Waals surface area contributed by atoms with Gasteiger partial charge < -0.3 is 24.7 Å². The molecule has 29 heavy (non-hydrogen) atoms. The van der Waals surface area contributed by atoms with E-state index >= 15 is 0 Å². The van der Waals surface area contributed by atoms with Gasteiger partial charge >= 0.3 is 0 Å². The first kappa shape index (κ1) is 16.8. The zero-order valence-corrected chi connectivity index (χ0v) is 16.4. The van der Waals surface area contributed by atoms with Crippen LogP contribution in [0.2, 0.25) is 0 Å². The van der Waals surface area contributed by atoms with Gasteiger partial charge in [-0.05, 0) is 38.9 Å². The Labute approximate surface area is 170 Å². The van der Waals surface area contributed by atoms with Crippen LogP contribution in [0.4, 0.5) is 5.69 Å². The summed E-state index contributed by atoms with van der Waals surface area (Å²) in [5.74, 6) is 0. The molecule has 0 amide bonds. The van der Waals surface area contributed by atoms with Gasteiger partial charge in [-0.15, -0.1) is 0 Å². The number of nitrogen functional groups attached to an aromatic ring is 1. The molecule has 2 aromatic carbocycles. The van der Waals surface area contributed by atoms with Crippen molar-refractivity contribution in [3.05, 3.63) is 40.5 Å². The fourth-order valence-electron chi connectivity index (χ4n) is 5.08. The van der Waals surface area contributed by atoms with Gasteiger partial charge in [0, 0.05) is 36.9 Å². The highest BCUT2D eigenvalue weighted by Crippen LogP contribution is 2.57. The van der Waals surface area contributed by atoms with E-state index in [0.717, 1.165) is 57.8 Å². The molecule has 5 heteroatoms. The van der Waals surface area contributed by atoms with Crippen molar-refractivity contribution in [2.24, 2.45) is 0 Å². The minimum Gasteiger partial charge on any atom is -0.398 e. The van der Waals surface area contributed by atoms with E-state index in [1.54, 1.807) is 0 Å². The summed E-state index contributed by atoms with van der Waals surface area (Å²) < 4.78 is 22.4. The molecule has 150 valence electrons. The number of hydrogen-bond acceptors (Lipinski definition) is 5. The highest BCUT2D eigenvalue weighted by atomic mass is 16.6. The monoisotopic (exact) mass is 391 g/mol. The highest BCUT2D eigenvalue weighted by Gasteiger charge is 2.40. The van der Waals surface area contributed by atoms with Crippen LogP contribution < -0.4 is 5.73 Å². The Kier molecular flexibility index (Phi) is 3.51. The van der Waals surface area contributed by atoms with E-state index in [2.05, 4.69) is 18.2 Å². The molecular weight excluding hydrogens is 366 g/mol. The molecule has 4 heterocycles. The highest BCUT2D eigenvalue weighted by molar-refractivity contribution is 6.11. The molecule has 4 unspecified atom stereocenters. The Morgan fingerprint density at radius 3 is 1.83 bits per heavy atom. The standard InChI is InChI=1S/C24H25NO4/c25-24-20(7-16-11-29-16)18(5-14-9-27-14)19(6-15-10-28-15)22-21-12(4-13-8-26-13)2-1-3-17(21)23(22)24/h1-3,13-16H,4-11,25H2. The van der Waals surface area contributed by atoms with Gasteiger partial charge in [0.1, 0.15) is 0 Å². The number of nitrogens with two attached hydrogens (primary N) is 1. The largest absolute Gasteiger partial charge is 0.398 e. The summed E-state index contributed by atoms with van der Waals surface area (Å²) in [4.78, 5) is 0. The first-order valence-electron chi connectivity index (χ1n) is 10.8. The third kappa shape index (κ3) is 2.91.